The van der Waals surface area contributed by atoms with E-state index in [1.807, 2.05) is 60.7 Å². The van der Waals surface area contributed by atoms with E-state index in [9.17, 15) is 4.79 Å². The number of aliphatic carboxylic acids is 1. The molecule has 0 spiro atoms. The molecule has 0 fully saturated rings. The Hall–Kier alpha value is -6.20. The number of carbonyl (C=O) groups is 1. The molecule has 55 heavy (non-hydrogen) atoms. The molecule has 4 aromatic carbocycles. The number of rotatable bonds is 13. The molecule has 0 saturated heterocycles. The number of amidine groups is 3. The van der Waals surface area contributed by atoms with E-state index in [1.54, 1.807) is 0 Å². The molecular weight excluding hydrogens is 687 g/mol. The molecule has 11 nitrogen and oxygen atoms in total. The zero-order valence-electron chi connectivity index (χ0n) is 30.6. The summed E-state index contributed by atoms with van der Waals surface area (Å²) in [5.41, 5.74) is 5.14. The molecule has 8 bridgehead atoms. The van der Waals surface area contributed by atoms with Crippen molar-refractivity contribution in [3.8, 4) is 0 Å². The number of carboxylic acids is 1. The predicted octanol–water partition coefficient (Wildman–Crippen LogP) is 8.00. The molecular formula is C44H43N9O2. The molecule has 276 valence electrons. The van der Waals surface area contributed by atoms with E-state index in [4.69, 9.17) is 30.1 Å². The van der Waals surface area contributed by atoms with E-state index in [-0.39, 0.29) is 6.42 Å². The standard InChI is InChI=1S/C44H43N9O2/c54-36(55)26-8-6-4-2-1-3-5-7-17-27-45-44-35-25-16-15-24-34(35)43(53-44)51-40-31-21-12-11-20-30(31)39(48-40)47-37-28-18-9-10-19-29(28)38(46-37)49-41-32-22-13-14-23-33(32)42(50-41)52-44/h9-16,18-25,45,48H,1-8,17,26-27H2,(H,51,53)(H,54,55)(H,46,47,49,50,52). The van der Waals surface area contributed by atoms with E-state index in [2.05, 4.69) is 57.0 Å². The quantitative estimate of drug-likeness (QED) is 0.0765. The number of aliphatic imine (C=N–C) groups is 3. The zero-order valence-corrected chi connectivity index (χ0v) is 30.6. The van der Waals surface area contributed by atoms with Crippen LogP contribution in [0, 0.1) is 0 Å². The average Bonchev–Trinajstić information content (AvgIpc) is 3.93. The molecule has 2 aromatic heterocycles. The molecule has 11 heteroatoms. The van der Waals surface area contributed by atoms with Crippen LogP contribution in [0.5, 0.6) is 0 Å². The van der Waals surface area contributed by atoms with Crippen LogP contribution in [-0.2, 0) is 10.6 Å². The molecule has 3 aliphatic rings. The van der Waals surface area contributed by atoms with Crippen molar-refractivity contribution < 1.29 is 9.90 Å². The Kier molecular flexibility index (Phi) is 9.37. The number of hydrogen-bond donors (Lipinski definition) is 5. The minimum Gasteiger partial charge on any atom is -0.481 e. The third-order valence-electron chi connectivity index (χ3n) is 10.7. The van der Waals surface area contributed by atoms with Crippen LogP contribution in [0.1, 0.15) is 86.5 Å². The summed E-state index contributed by atoms with van der Waals surface area (Å²) in [6, 6.07) is 32.8. The molecule has 3 aliphatic heterocycles. The maximum absolute atomic E-state index is 10.8. The third-order valence-corrected chi connectivity index (χ3v) is 10.7. The van der Waals surface area contributed by atoms with E-state index in [1.165, 1.54) is 12.8 Å². The van der Waals surface area contributed by atoms with Crippen molar-refractivity contribution >= 4 is 56.7 Å². The summed E-state index contributed by atoms with van der Waals surface area (Å²) in [5, 5.41) is 20.2. The number of unbranched alkanes of at least 4 members (excludes halogenated alkanes) is 8. The van der Waals surface area contributed by atoms with E-state index >= 15 is 0 Å². The second-order valence-electron chi connectivity index (χ2n) is 14.5. The molecule has 1 unspecified atom stereocenters. The summed E-state index contributed by atoms with van der Waals surface area (Å²) in [6.45, 7) is 0.723. The van der Waals surface area contributed by atoms with Gasteiger partial charge in [0.05, 0.1) is 0 Å². The van der Waals surface area contributed by atoms with Gasteiger partial charge in [-0.1, -0.05) is 142 Å². The van der Waals surface area contributed by atoms with Crippen LogP contribution in [0.2, 0.25) is 0 Å². The van der Waals surface area contributed by atoms with Gasteiger partial charge in [0, 0.05) is 50.2 Å². The zero-order chi connectivity index (χ0) is 37.2. The summed E-state index contributed by atoms with van der Waals surface area (Å²) in [7, 11) is 0. The molecule has 0 saturated carbocycles. The van der Waals surface area contributed by atoms with Crippen molar-refractivity contribution in [2.75, 3.05) is 11.9 Å². The van der Waals surface area contributed by atoms with Gasteiger partial charge in [-0.25, -0.2) is 25.0 Å². The van der Waals surface area contributed by atoms with Crippen molar-refractivity contribution in [3.63, 3.8) is 0 Å². The highest BCUT2D eigenvalue weighted by atomic mass is 16.4. The maximum Gasteiger partial charge on any atom is 0.303 e. The fourth-order valence-corrected chi connectivity index (χ4v) is 7.96. The van der Waals surface area contributed by atoms with Crippen LogP contribution >= 0.6 is 0 Å². The van der Waals surface area contributed by atoms with E-state index in [0.29, 0.717) is 34.3 Å². The van der Waals surface area contributed by atoms with Crippen LogP contribution < -0.4 is 21.6 Å². The SMILES string of the molecule is O=C(O)CCCCCCCCCCCNC12N=C(Nc3[nH]c(c4ccccc34)N=C3N=C(N=c4[nH]/c(c5ccccc45)=N\1)c1ccccc13)c1ccccc12. The predicted molar refractivity (Wildman–Crippen MR) is 218 cm³/mol. The molecule has 0 radical (unpaired) electrons. The number of H-pyrrole nitrogens is 2. The van der Waals surface area contributed by atoms with Crippen LogP contribution in [0.15, 0.2) is 122 Å². The van der Waals surface area contributed by atoms with Gasteiger partial charge in [0.1, 0.15) is 28.4 Å². The summed E-state index contributed by atoms with van der Waals surface area (Å²) >= 11 is 0. The van der Waals surface area contributed by atoms with Crippen molar-refractivity contribution in [2.45, 2.75) is 70.0 Å². The number of aromatic amines is 2. The Morgan fingerprint density at radius 1 is 0.582 bits per heavy atom. The van der Waals surface area contributed by atoms with Gasteiger partial charge in [-0.15, -0.1) is 0 Å². The lowest BCUT2D eigenvalue weighted by molar-refractivity contribution is -0.137. The van der Waals surface area contributed by atoms with Crippen LogP contribution in [0.4, 0.5) is 11.6 Å². The van der Waals surface area contributed by atoms with Crippen molar-refractivity contribution in [1.29, 1.82) is 0 Å². The van der Waals surface area contributed by atoms with Crippen LogP contribution in [-0.4, -0.2) is 45.1 Å². The number of fused-ring (bicyclic) bond motifs is 18. The van der Waals surface area contributed by atoms with Crippen LogP contribution in [0.25, 0.3) is 21.5 Å². The summed E-state index contributed by atoms with van der Waals surface area (Å²) in [4.78, 5) is 44.1. The minimum atomic E-state index is -1.11. The monoisotopic (exact) mass is 729 g/mol. The van der Waals surface area contributed by atoms with Crippen molar-refractivity contribution in [2.24, 2.45) is 25.0 Å². The second kappa shape index (κ2) is 14.9. The molecule has 5 N–H and O–H groups in total. The molecule has 0 aliphatic carbocycles. The number of hydrogen-bond acceptors (Lipinski definition) is 8. The first-order valence-electron chi connectivity index (χ1n) is 19.4. The normalized spacial score (nSPS) is 17.4. The van der Waals surface area contributed by atoms with Crippen molar-refractivity contribution in [1.82, 2.24) is 15.3 Å². The lowest BCUT2D eigenvalue weighted by Crippen LogP contribution is -2.40. The Morgan fingerprint density at radius 2 is 1.16 bits per heavy atom. The average molecular weight is 730 g/mol. The number of carboxylic acid groups (broad SMARTS) is 1. The highest BCUT2D eigenvalue weighted by Crippen LogP contribution is 2.38. The number of benzene rings is 4. The number of anilines is 1. The lowest BCUT2D eigenvalue weighted by atomic mass is 10.0. The smallest absolute Gasteiger partial charge is 0.303 e. The van der Waals surface area contributed by atoms with Gasteiger partial charge in [-0.2, -0.15) is 0 Å². The highest BCUT2D eigenvalue weighted by molar-refractivity contribution is 6.24. The Labute approximate surface area is 318 Å². The van der Waals surface area contributed by atoms with Gasteiger partial charge < -0.3 is 20.4 Å². The van der Waals surface area contributed by atoms with Gasteiger partial charge in [0.15, 0.2) is 11.7 Å². The van der Waals surface area contributed by atoms with Crippen molar-refractivity contribution in [3.05, 3.63) is 130 Å². The Bertz CT molecular complexity index is 2650. The molecule has 6 aromatic rings. The minimum absolute atomic E-state index is 0.272. The maximum atomic E-state index is 10.8. The highest BCUT2D eigenvalue weighted by Gasteiger charge is 2.40. The topological polar surface area (TPSA) is 155 Å². The van der Waals surface area contributed by atoms with Gasteiger partial charge in [0.2, 0.25) is 5.79 Å². The number of nitrogens with one attached hydrogen (secondary N) is 4. The first kappa shape index (κ1) is 34.6. The fourth-order valence-electron chi connectivity index (χ4n) is 7.96. The second-order valence-corrected chi connectivity index (χ2v) is 14.5. The van der Waals surface area contributed by atoms with E-state index in [0.717, 1.165) is 101 Å². The molecule has 5 heterocycles. The fraction of sp³-hybridized carbons (Fsp3) is 0.273. The first-order valence-corrected chi connectivity index (χ1v) is 19.4. The van der Waals surface area contributed by atoms with Gasteiger partial charge in [-0.3, -0.25) is 10.1 Å². The summed E-state index contributed by atoms with van der Waals surface area (Å²) < 4.78 is 0. The van der Waals surface area contributed by atoms with Crippen LogP contribution in [0.3, 0.4) is 0 Å². The van der Waals surface area contributed by atoms with Gasteiger partial charge in [-0.05, 0) is 19.4 Å². The lowest BCUT2D eigenvalue weighted by Gasteiger charge is -2.24. The largest absolute Gasteiger partial charge is 0.481 e. The first-order chi connectivity index (χ1) is 27.1. The molecule has 0 amide bonds. The Morgan fingerprint density at radius 3 is 1.89 bits per heavy atom. The molecule has 1 atom stereocenters. The third kappa shape index (κ3) is 6.76. The van der Waals surface area contributed by atoms with Gasteiger partial charge in [0.25, 0.3) is 0 Å². The summed E-state index contributed by atoms with van der Waals surface area (Å²) in [6.07, 6.45) is 9.87. The van der Waals surface area contributed by atoms with E-state index < -0.39 is 11.8 Å². The Balaban J connectivity index is 1.10. The number of nitrogens with zero attached hydrogens (tertiary/aromatic N) is 5. The number of aromatic nitrogens is 2. The summed E-state index contributed by atoms with van der Waals surface area (Å²) in [5.74, 6) is 1.58. The van der Waals surface area contributed by atoms with Gasteiger partial charge >= 0.3 is 5.97 Å². The molecule has 9 rings (SSSR count).